The van der Waals surface area contributed by atoms with E-state index in [2.05, 4.69) is 10.1 Å². The van der Waals surface area contributed by atoms with Crippen molar-refractivity contribution in [3.63, 3.8) is 0 Å². The fraction of sp³-hybridized carbons (Fsp3) is 0.765. The average molecular weight is 348 g/mol. The molecule has 1 unspecified atom stereocenters. The largest absolute Gasteiger partial charge is 0.380 e. The van der Waals surface area contributed by atoms with Crippen molar-refractivity contribution in [1.82, 2.24) is 19.9 Å². The van der Waals surface area contributed by atoms with Gasteiger partial charge in [0.05, 0.1) is 12.0 Å². The number of hydrogen-bond donors (Lipinski definition) is 1. The van der Waals surface area contributed by atoms with Crippen LogP contribution >= 0.6 is 0 Å². The van der Waals surface area contributed by atoms with Gasteiger partial charge in [0.1, 0.15) is 5.60 Å². The van der Waals surface area contributed by atoms with Crippen LogP contribution in [-0.4, -0.2) is 68.1 Å². The zero-order valence-electron chi connectivity index (χ0n) is 14.5. The molecular formula is C17H24N4O4. The molecule has 3 heterocycles. The van der Waals surface area contributed by atoms with Gasteiger partial charge in [-0.1, -0.05) is 24.4 Å². The van der Waals surface area contributed by atoms with E-state index in [0.717, 1.165) is 19.3 Å². The monoisotopic (exact) mass is 348 g/mol. The van der Waals surface area contributed by atoms with Gasteiger partial charge in [-0.25, -0.2) is 0 Å². The molecule has 1 saturated carbocycles. The maximum absolute atomic E-state index is 12.6. The van der Waals surface area contributed by atoms with Gasteiger partial charge in [-0.05, 0) is 19.8 Å². The van der Waals surface area contributed by atoms with E-state index >= 15 is 0 Å². The Hall–Kier alpha value is -1.96. The van der Waals surface area contributed by atoms with Gasteiger partial charge in [-0.2, -0.15) is 4.98 Å². The number of aromatic nitrogens is 2. The van der Waals surface area contributed by atoms with Gasteiger partial charge in [-0.15, -0.1) is 0 Å². The normalized spacial score (nSPS) is 26.8. The molecule has 25 heavy (non-hydrogen) atoms. The Labute approximate surface area is 146 Å². The first-order valence-electron chi connectivity index (χ1n) is 9.08. The second-order valence-electron chi connectivity index (χ2n) is 7.58. The minimum atomic E-state index is -1.19. The zero-order chi connectivity index (χ0) is 17.6. The summed E-state index contributed by atoms with van der Waals surface area (Å²) in [5.41, 5.74) is -1.19. The Bertz CT molecular complexity index is 676. The molecule has 4 rings (SSSR count). The summed E-state index contributed by atoms with van der Waals surface area (Å²) in [6, 6.07) is 0.0256. The van der Waals surface area contributed by atoms with Crippen LogP contribution in [0.15, 0.2) is 4.52 Å². The molecule has 2 saturated heterocycles. The number of aryl methyl sites for hydroxylation is 1. The van der Waals surface area contributed by atoms with Gasteiger partial charge in [-0.3, -0.25) is 9.59 Å². The smallest absolute Gasteiger partial charge is 0.254 e. The fourth-order valence-electron chi connectivity index (χ4n) is 4.19. The molecule has 3 aliphatic rings. The van der Waals surface area contributed by atoms with Crippen molar-refractivity contribution in [2.45, 2.75) is 63.0 Å². The Kier molecular flexibility index (Phi) is 4.02. The molecule has 1 atom stereocenters. The summed E-state index contributed by atoms with van der Waals surface area (Å²) in [5.74, 6) is 0.911. The molecule has 0 spiro atoms. The van der Waals surface area contributed by atoms with Gasteiger partial charge < -0.3 is 19.4 Å². The molecular weight excluding hydrogens is 324 g/mol. The van der Waals surface area contributed by atoms with E-state index < -0.39 is 5.60 Å². The molecule has 8 heteroatoms. The molecule has 1 aliphatic carbocycles. The maximum atomic E-state index is 12.6. The van der Waals surface area contributed by atoms with E-state index in [9.17, 15) is 14.7 Å². The summed E-state index contributed by atoms with van der Waals surface area (Å²) in [7, 11) is 0. The predicted molar refractivity (Wildman–Crippen MR) is 86.5 cm³/mol. The Morgan fingerprint density at radius 3 is 2.60 bits per heavy atom. The third-order valence-electron chi connectivity index (χ3n) is 5.72. The van der Waals surface area contributed by atoms with Crippen molar-refractivity contribution in [2.75, 3.05) is 19.6 Å². The lowest BCUT2D eigenvalue weighted by atomic mass is 9.83. The third-order valence-corrected chi connectivity index (χ3v) is 5.72. The number of nitrogens with zero attached hydrogens (tertiary/aromatic N) is 4. The van der Waals surface area contributed by atoms with E-state index in [1.54, 1.807) is 11.8 Å². The zero-order valence-corrected chi connectivity index (χ0v) is 14.5. The minimum absolute atomic E-state index is 0.0256. The van der Waals surface area contributed by atoms with Gasteiger partial charge in [0.25, 0.3) is 5.91 Å². The molecule has 136 valence electrons. The van der Waals surface area contributed by atoms with Crippen LogP contribution in [0.5, 0.6) is 0 Å². The van der Waals surface area contributed by atoms with Crippen molar-refractivity contribution >= 4 is 11.8 Å². The molecule has 1 aromatic rings. The summed E-state index contributed by atoms with van der Waals surface area (Å²) < 4.78 is 5.19. The van der Waals surface area contributed by atoms with Gasteiger partial charge in [0.15, 0.2) is 5.82 Å². The van der Waals surface area contributed by atoms with Crippen LogP contribution in [0.4, 0.5) is 0 Å². The van der Waals surface area contributed by atoms with Crippen molar-refractivity contribution in [1.29, 1.82) is 0 Å². The lowest BCUT2D eigenvalue weighted by molar-refractivity contribution is -0.163. The highest BCUT2D eigenvalue weighted by Gasteiger charge is 2.48. The average Bonchev–Trinajstić information content (AvgIpc) is 3.13. The van der Waals surface area contributed by atoms with Gasteiger partial charge >= 0.3 is 0 Å². The van der Waals surface area contributed by atoms with Crippen LogP contribution in [0.1, 0.15) is 56.2 Å². The topological polar surface area (TPSA) is 99.8 Å². The lowest BCUT2D eigenvalue weighted by Gasteiger charge is -2.47. The van der Waals surface area contributed by atoms with E-state index in [4.69, 9.17) is 4.52 Å². The highest BCUT2D eigenvalue weighted by Crippen LogP contribution is 2.34. The van der Waals surface area contributed by atoms with E-state index in [1.165, 1.54) is 0 Å². The number of carbonyl (C=O) groups excluding carboxylic acids is 2. The highest BCUT2D eigenvalue weighted by molar-refractivity contribution is 5.86. The number of carbonyl (C=O) groups is 2. The maximum Gasteiger partial charge on any atom is 0.254 e. The van der Waals surface area contributed by atoms with Crippen LogP contribution in [0.25, 0.3) is 0 Å². The summed E-state index contributed by atoms with van der Waals surface area (Å²) in [5, 5.41) is 14.4. The van der Waals surface area contributed by atoms with Crippen LogP contribution in [0.2, 0.25) is 0 Å². The minimum Gasteiger partial charge on any atom is -0.380 e. The Balaban J connectivity index is 1.34. The predicted octanol–water partition coefficient (Wildman–Crippen LogP) is 0.600. The van der Waals surface area contributed by atoms with Gasteiger partial charge in [0, 0.05) is 26.1 Å². The molecule has 0 bridgehead atoms. The molecule has 0 aromatic carbocycles. The summed E-state index contributed by atoms with van der Waals surface area (Å²) in [6.45, 7) is 3.31. The first-order chi connectivity index (χ1) is 12.0. The molecule has 0 radical (unpaired) electrons. The molecule has 3 fully saturated rings. The van der Waals surface area contributed by atoms with E-state index in [1.807, 2.05) is 4.90 Å². The second kappa shape index (κ2) is 6.09. The van der Waals surface area contributed by atoms with Crippen LogP contribution < -0.4 is 0 Å². The SMILES string of the molecule is Cc1noc(C2CC(=O)N(C3CN(C(=O)C4(O)CCCCC4)C3)C2)n1. The molecule has 1 aromatic heterocycles. The fourth-order valence-corrected chi connectivity index (χ4v) is 4.19. The molecule has 1 N–H and O–H groups in total. The Morgan fingerprint density at radius 1 is 1.24 bits per heavy atom. The first-order valence-corrected chi connectivity index (χ1v) is 9.08. The quantitative estimate of drug-likeness (QED) is 0.859. The third kappa shape index (κ3) is 2.92. The van der Waals surface area contributed by atoms with Crippen molar-refractivity contribution < 1.29 is 19.2 Å². The van der Waals surface area contributed by atoms with E-state index in [-0.39, 0.29) is 23.8 Å². The van der Waals surface area contributed by atoms with Crippen LogP contribution in [-0.2, 0) is 9.59 Å². The molecule has 2 aliphatic heterocycles. The molecule has 8 nitrogen and oxygen atoms in total. The number of amides is 2. The van der Waals surface area contributed by atoms with Gasteiger partial charge in [0.2, 0.25) is 11.8 Å². The van der Waals surface area contributed by atoms with Crippen LogP contribution in [0.3, 0.4) is 0 Å². The van der Waals surface area contributed by atoms with Crippen molar-refractivity contribution in [3.8, 4) is 0 Å². The molecule has 2 amide bonds. The summed E-state index contributed by atoms with van der Waals surface area (Å²) >= 11 is 0. The second-order valence-corrected chi connectivity index (χ2v) is 7.58. The van der Waals surface area contributed by atoms with Crippen molar-refractivity contribution in [2.24, 2.45) is 0 Å². The van der Waals surface area contributed by atoms with Crippen molar-refractivity contribution in [3.05, 3.63) is 11.7 Å². The van der Waals surface area contributed by atoms with E-state index in [0.29, 0.717) is 50.6 Å². The number of likely N-dealkylation sites (tertiary alicyclic amines) is 2. The standard InChI is InChI=1S/C17H24N4O4/c1-11-18-15(25-19-11)12-7-14(22)21(8-12)13-9-20(10-13)16(23)17(24)5-3-2-4-6-17/h12-13,24H,2-10H2,1H3. The first kappa shape index (κ1) is 16.5. The Morgan fingerprint density at radius 2 is 1.96 bits per heavy atom. The highest BCUT2D eigenvalue weighted by atomic mass is 16.5. The summed E-state index contributed by atoms with van der Waals surface area (Å²) in [6.07, 6.45) is 4.35. The number of hydrogen-bond acceptors (Lipinski definition) is 6. The summed E-state index contributed by atoms with van der Waals surface area (Å²) in [4.78, 5) is 32.6. The lowest BCUT2D eigenvalue weighted by Crippen LogP contribution is -2.65. The van der Waals surface area contributed by atoms with Crippen LogP contribution in [0, 0.1) is 6.92 Å². The number of aliphatic hydroxyl groups is 1. The number of rotatable bonds is 3.